The number of benzene rings is 1. The lowest BCUT2D eigenvalue weighted by Crippen LogP contribution is -2.15. The number of anilines is 1. The number of aromatic carboxylic acids is 1. The standard InChI is InChI=1S/C13H14FNO3/c1-3-4-8(2)12(16)15-11-7-9(14)5-6-10(11)13(17)18/h4-7H,3H2,1-2H3,(H,15,16)(H,17,18)/b8-4+. The maximum atomic E-state index is 13.1. The summed E-state index contributed by atoms with van der Waals surface area (Å²) in [5, 5.41) is 11.3. The van der Waals surface area contributed by atoms with E-state index in [1.165, 1.54) is 0 Å². The molecule has 0 fully saturated rings. The van der Waals surface area contributed by atoms with E-state index in [9.17, 15) is 14.0 Å². The third-order valence-corrected chi connectivity index (χ3v) is 2.33. The van der Waals surface area contributed by atoms with Crippen LogP contribution < -0.4 is 5.32 Å². The van der Waals surface area contributed by atoms with Crippen molar-refractivity contribution >= 4 is 17.6 Å². The summed E-state index contributed by atoms with van der Waals surface area (Å²) in [6, 6.07) is 3.14. The minimum Gasteiger partial charge on any atom is -0.478 e. The Kier molecular flexibility index (Phi) is 4.59. The molecule has 0 aliphatic rings. The lowest BCUT2D eigenvalue weighted by atomic mass is 10.1. The summed E-state index contributed by atoms with van der Waals surface area (Å²) in [6.07, 6.45) is 2.39. The van der Waals surface area contributed by atoms with Crippen molar-refractivity contribution in [2.45, 2.75) is 20.3 Å². The number of carboxylic acid groups (broad SMARTS) is 1. The Morgan fingerprint density at radius 3 is 2.67 bits per heavy atom. The molecular formula is C13H14FNO3. The van der Waals surface area contributed by atoms with Gasteiger partial charge in [-0.25, -0.2) is 9.18 Å². The molecule has 0 spiro atoms. The molecule has 18 heavy (non-hydrogen) atoms. The zero-order valence-electron chi connectivity index (χ0n) is 10.2. The smallest absolute Gasteiger partial charge is 0.337 e. The van der Waals surface area contributed by atoms with E-state index < -0.39 is 17.7 Å². The minimum atomic E-state index is -1.22. The van der Waals surface area contributed by atoms with Gasteiger partial charge < -0.3 is 10.4 Å². The van der Waals surface area contributed by atoms with Gasteiger partial charge in [0, 0.05) is 5.57 Å². The largest absolute Gasteiger partial charge is 0.478 e. The highest BCUT2D eigenvalue weighted by Gasteiger charge is 2.13. The van der Waals surface area contributed by atoms with Crippen molar-refractivity contribution in [2.75, 3.05) is 5.32 Å². The van der Waals surface area contributed by atoms with Crippen LogP contribution in [0.1, 0.15) is 30.6 Å². The van der Waals surface area contributed by atoms with E-state index in [1.54, 1.807) is 13.0 Å². The van der Waals surface area contributed by atoms with E-state index in [1.807, 2.05) is 6.92 Å². The first-order chi connectivity index (χ1) is 8.45. The van der Waals surface area contributed by atoms with E-state index in [-0.39, 0.29) is 11.3 Å². The summed E-state index contributed by atoms with van der Waals surface area (Å²) in [6.45, 7) is 3.49. The normalized spacial score (nSPS) is 11.2. The van der Waals surface area contributed by atoms with Gasteiger partial charge in [0.1, 0.15) is 5.82 Å². The monoisotopic (exact) mass is 251 g/mol. The van der Waals surface area contributed by atoms with Crippen LogP contribution in [0.5, 0.6) is 0 Å². The molecule has 0 atom stereocenters. The predicted molar refractivity (Wildman–Crippen MR) is 66.0 cm³/mol. The van der Waals surface area contributed by atoms with E-state index >= 15 is 0 Å². The molecule has 0 bridgehead atoms. The Labute approximate surface area is 104 Å². The number of nitrogens with one attached hydrogen (secondary N) is 1. The third kappa shape index (κ3) is 3.41. The molecule has 5 heteroatoms. The molecular weight excluding hydrogens is 237 g/mol. The van der Waals surface area contributed by atoms with Crippen LogP contribution in [-0.4, -0.2) is 17.0 Å². The fraction of sp³-hybridized carbons (Fsp3) is 0.231. The van der Waals surface area contributed by atoms with Gasteiger partial charge in [-0.05, 0) is 31.5 Å². The lowest BCUT2D eigenvalue weighted by molar-refractivity contribution is -0.112. The van der Waals surface area contributed by atoms with Crippen LogP contribution in [-0.2, 0) is 4.79 Å². The number of hydrogen-bond donors (Lipinski definition) is 2. The molecule has 0 aliphatic heterocycles. The van der Waals surface area contributed by atoms with Crippen LogP contribution >= 0.6 is 0 Å². The molecule has 1 aromatic rings. The molecule has 2 N–H and O–H groups in total. The quantitative estimate of drug-likeness (QED) is 0.808. The van der Waals surface area contributed by atoms with Gasteiger partial charge >= 0.3 is 5.97 Å². The van der Waals surface area contributed by atoms with Gasteiger partial charge in [-0.1, -0.05) is 13.0 Å². The molecule has 0 heterocycles. The number of allylic oxidation sites excluding steroid dienone is 1. The number of amides is 1. The molecule has 0 aliphatic carbocycles. The Morgan fingerprint density at radius 2 is 2.11 bits per heavy atom. The van der Waals surface area contributed by atoms with E-state index in [4.69, 9.17) is 5.11 Å². The summed E-state index contributed by atoms with van der Waals surface area (Å²) in [5.41, 5.74) is 0.267. The first-order valence-electron chi connectivity index (χ1n) is 5.46. The summed E-state index contributed by atoms with van der Waals surface area (Å²) in [5.74, 6) is -2.26. The van der Waals surface area contributed by atoms with Crippen LogP contribution in [0.15, 0.2) is 29.8 Å². The summed E-state index contributed by atoms with van der Waals surface area (Å²) >= 11 is 0. The molecule has 4 nitrogen and oxygen atoms in total. The maximum Gasteiger partial charge on any atom is 0.337 e. The first-order valence-corrected chi connectivity index (χ1v) is 5.46. The van der Waals surface area contributed by atoms with Crippen LogP contribution in [0.4, 0.5) is 10.1 Å². The number of halogens is 1. The average Bonchev–Trinajstić information content (AvgIpc) is 2.28. The molecule has 1 amide bonds. The SMILES string of the molecule is CC/C=C(\C)C(=O)Nc1cc(F)ccc1C(=O)O. The van der Waals surface area contributed by atoms with E-state index in [0.717, 1.165) is 18.2 Å². The summed E-state index contributed by atoms with van der Waals surface area (Å²) < 4.78 is 13.1. The predicted octanol–water partition coefficient (Wildman–Crippen LogP) is 2.82. The second-order valence-electron chi connectivity index (χ2n) is 3.74. The highest BCUT2D eigenvalue weighted by molar-refractivity contribution is 6.07. The van der Waals surface area contributed by atoms with Crippen LogP contribution in [0.25, 0.3) is 0 Å². The van der Waals surface area contributed by atoms with Gasteiger partial charge in [0.05, 0.1) is 11.3 Å². The van der Waals surface area contributed by atoms with Crippen molar-refractivity contribution < 1.29 is 19.1 Å². The number of hydrogen-bond acceptors (Lipinski definition) is 2. The van der Waals surface area contributed by atoms with Crippen molar-refractivity contribution in [1.29, 1.82) is 0 Å². The van der Waals surface area contributed by atoms with Gasteiger partial charge in [0.25, 0.3) is 5.91 Å². The molecule has 1 aromatic carbocycles. The van der Waals surface area contributed by atoms with E-state index in [2.05, 4.69) is 5.32 Å². The lowest BCUT2D eigenvalue weighted by Gasteiger charge is -2.08. The molecule has 0 saturated carbocycles. The van der Waals surface area contributed by atoms with Crippen molar-refractivity contribution in [3.8, 4) is 0 Å². The number of carbonyl (C=O) groups is 2. The minimum absolute atomic E-state index is 0.0450. The highest BCUT2D eigenvalue weighted by atomic mass is 19.1. The fourth-order valence-electron chi connectivity index (χ4n) is 1.43. The molecule has 0 aromatic heterocycles. The van der Waals surface area contributed by atoms with Crippen molar-refractivity contribution in [3.63, 3.8) is 0 Å². The summed E-state index contributed by atoms with van der Waals surface area (Å²) in [4.78, 5) is 22.6. The highest BCUT2D eigenvalue weighted by Crippen LogP contribution is 2.18. The number of carboxylic acids is 1. The Balaban J connectivity index is 3.03. The van der Waals surface area contributed by atoms with Gasteiger partial charge in [-0.3, -0.25) is 4.79 Å². The maximum absolute atomic E-state index is 13.1. The average molecular weight is 251 g/mol. The van der Waals surface area contributed by atoms with E-state index in [0.29, 0.717) is 12.0 Å². The van der Waals surface area contributed by atoms with Gasteiger partial charge in [-0.2, -0.15) is 0 Å². The Bertz CT molecular complexity index is 509. The molecule has 1 rings (SSSR count). The van der Waals surface area contributed by atoms with Crippen LogP contribution in [0.2, 0.25) is 0 Å². The zero-order chi connectivity index (χ0) is 13.7. The second kappa shape index (κ2) is 5.95. The molecule has 0 saturated heterocycles. The van der Waals surface area contributed by atoms with Crippen LogP contribution in [0, 0.1) is 5.82 Å². The molecule has 0 radical (unpaired) electrons. The number of rotatable bonds is 4. The molecule has 0 unspecified atom stereocenters. The first kappa shape index (κ1) is 13.9. The van der Waals surface area contributed by atoms with Crippen molar-refractivity contribution in [1.82, 2.24) is 0 Å². The van der Waals surface area contributed by atoms with Crippen molar-refractivity contribution in [3.05, 3.63) is 41.2 Å². The van der Waals surface area contributed by atoms with Crippen molar-refractivity contribution in [2.24, 2.45) is 0 Å². The van der Waals surface area contributed by atoms with Gasteiger partial charge in [-0.15, -0.1) is 0 Å². The zero-order valence-corrected chi connectivity index (χ0v) is 10.2. The fourth-order valence-corrected chi connectivity index (χ4v) is 1.43. The second-order valence-corrected chi connectivity index (χ2v) is 3.74. The van der Waals surface area contributed by atoms with Gasteiger partial charge in [0.15, 0.2) is 0 Å². The number of carbonyl (C=O) groups excluding carboxylic acids is 1. The summed E-state index contributed by atoms with van der Waals surface area (Å²) in [7, 11) is 0. The van der Waals surface area contributed by atoms with Crippen LogP contribution in [0.3, 0.4) is 0 Å². The Morgan fingerprint density at radius 1 is 1.44 bits per heavy atom. The molecule has 96 valence electrons. The van der Waals surface area contributed by atoms with Gasteiger partial charge in [0.2, 0.25) is 0 Å². The Hall–Kier alpha value is -2.17. The third-order valence-electron chi connectivity index (χ3n) is 2.33. The topological polar surface area (TPSA) is 66.4 Å².